The van der Waals surface area contributed by atoms with E-state index in [1.807, 2.05) is 42.3 Å². The highest BCUT2D eigenvalue weighted by atomic mass is 32.1. The highest BCUT2D eigenvalue weighted by Crippen LogP contribution is 2.19. The molecule has 0 bridgehead atoms. The number of carbonyl (C=O) groups excluding carboxylic acids is 2. The summed E-state index contributed by atoms with van der Waals surface area (Å²) in [6.07, 6.45) is 7.27. The van der Waals surface area contributed by atoms with Gasteiger partial charge in [0.05, 0.1) is 6.20 Å². The lowest BCUT2D eigenvalue weighted by molar-refractivity contribution is -0.127. The van der Waals surface area contributed by atoms with E-state index < -0.39 is 0 Å². The summed E-state index contributed by atoms with van der Waals surface area (Å²) in [7, 11) is 0. The number of hydrogen-bond donors (Lipinski definition) is 0. The van der Waals surface area contributed by atoms with Gasteiger partial charge in [-0.2, -0.15) is 0 Å². The molecular weight excluding hydrogens is 374 g/mol. The van der Waals surface area contributed by atoms with Crippen molar-refractivity contribution in [1.82, 2.24) is 24.8 Å². The normalized spacial score (nSPS) is 17.2. The van der Waals surface area contributed by atoms with E-state index in [9.17, 15) is 9.59 Å². The minimum absolute atomic E-state index is 0.0501. The Labute approximate surface area is 169 Å². The Hall–Kier alpha value is -2.48. The predicted octanol–water partition coefficient (Wildman–Crippen LogP) is 2.77. The summed E-state index contributed by atoms with van der Waals surface area (Å²) in [5, 5.41) is 10.2. The van der Waals surface area contributed by atoms with Gasteiger partial charge in [-0.05, 0) is 50.1 Å². The molecule has 3 rings (SSSR count). The van der Waals surface area contributed by atoms with Crippen LogP contribution < -0.4 is 0 Å². The summed E-state index contributed by atoms with van der Waals surface area (Å²) in [6.45, 7) is 7.36. The van der Waals surface area contributed by atoms with Crippen LogP contribution in [-0.2, 0) is 11.3 Å². The Bertz CT molecular complexity index is 810. The molecule has 2 amide bonds. The molecule has 7 nitrogen and oxygen atoms in total. The van der Waals surface area contributed by atoms with E-state index >= 15 is 0 Å². The third-order valence-corrected chi connectivity index (χ3v) is 5.86. The number of likely N-dealkylation sites (tertiary alicyclic amines) is 1. The lowest BCUT2D eigenvalue weighted by Gasteiger charge is -2.32. The topological polar surface area (TPSA) is 71.3 Å². The molecule has 0 aromatic carbocycles. The molecule has 1 fully saturated rings. The van der Waals surface area contributed by atoms with Crippen molar-refractivity contribution >= 4 is 29.2 Å². The zero-order valence-electron chi connectivity index (χ0n) is 16.5. The van der Waals surface area contributed by atoms with E-state index in [1.54, 1.807) is 33.2 Å². The van der Waals surface area contributed by atoms with Gasteiger partial charge in [0.2, 0.25) is 5.91 Å². The number of nitrogens with zero attached hydrogens (tertiary/aromatic N) is 5. The number of piperidine rings is 1. The first kappa shape index (κ1) is 20.3. The van der Waals surface area contributed by atoms with Crippen molar-refractivity contribution in [2.75, 3.05) is 26.2 Å². The predicted molar refractivity (Wildman–Crippen MR) is 110 cm³/mol. The van der Waals surface area contributed by atoms with Crippen LogP contribution in [-0.4, -0.2) is 62.8 Å². The Morgan fingerprint density at radius 2 is 2.18 bits per heavy atom. The van der Waals surface area contributed by atoms with Crippen LogP contribution in [0.5, 0.6) is 0 Å². The molecule has 8 heteroatoms. The van der Waals surface area contributed by atoms with Crippen LogP contribution in [0.1, 0.15) is 42.1 Å². The lowest BCUT2D eigenvalue weighted by atomic mass is 9.98. The van der Waals surface area contributed by atoms with Gasteiger partial charge in [0, 0.05) is 43.7 Å². The van der Waals surface area contributed by atoms with Gasteiger partial charge in [0.25, 0.3) is 5.91 Å². The Kier molecular flexibility index (Phi) is 6.97. The number of hydrogen-bond acceptors (Lipinski definition) is 5. The van der Waals surface area contributed by atoms with Crippen LogP contribution in [0.25, 0.3) is 6.08 Å². The summed E-state index contributed by atoms with van der Waals surface area (Å²) in [5.41, 5.74) is 0.381. The molecule has 1 saturated heterocycles. The van der Waals surface area contributed by atoms with Gasteiger partial charge in [-0.3, -0.25) is 14.3 Å². The number of aromatic nitrogens is 3. The van der Waals surface area contributed by atoms with Gasteiger partial charge in [0.1, 0.15) is 0 Å². The fourth-order valence-electron chi connectivity index (χ4n) is 3.48. The molecule has 0 aliphatic carbocycles. The van der Waals surface area contributed by atoms with Crippen LogP contribution in [0.15, 0.2) is 29.8 Å². The maximum Gasteiger partial charge on any atom is 0.276 e. The molecule has 0 radical (unpaired) electrons. The van der Waals surface area contributed by atoms with Crippen LogP contribution in [0.3, 0.4) is 0 Å². The van der Waals surface area contributed by atoms with E-state index in [2.05, 4.69) is 10.3 Å². The van der Waals surface area contributed by atoms with Gasteiger partial charge in [-0.1, -0.05) is 11.3 Å². The van der Waals surface area contributed by atoms with Crippen molar-refractivity contribution < 1.29 is 9.59 Å². The first-order valence-electron chi connectivity index (χ1n) is 9.80. The number of rotatable bonds is 7. The molecule has 28 heavy (non-hydrogen) atoms. The minimum atomic E-state index is -0.0876. The van der Waals surface area contributed by atoms with E-state index in [4.69, 9.17) is 0 Å². The van der Waals surface area contributed by atoms with E-state index in [1.165, 1.54) is 0 Å². The molecule has 1 aliphatic rings. The molecule has 0 saturated carbocycles. The third-order valence-electron chi connectivity index (χ3n) is 5.02. The molecule has 1 aliphatic heterocycles. The number of thiophene rings is 1. The maximum absolute atomic E-state index is 12.5. The SMILES string of the molecule is CCN(CC)C(=O)c1cn(C[C@@H]2CCCN(C(=O)/C=C/c3cccs3)C2)nn1. The van der Waals surface area contributed by atoms with Crippen molar-refractivity contribution in [3.8, 4) is 0 Å². The van der Waals surface area contributed by atoms with Gasteiger partial charge in [-0.15, -0.1) is 16.4 Å². The molecule has 3 heterocycles. The Balaban J connectivity index is 1.56. The van der Waals surface area contributed by atoms with Crippen molar-refractivity contribution in [1.29, 1.82) is 0 Å². The quantitative estimate of drug-likeness (QED) is 0.669. The van der Waals surface area contributed by atoms with E-state index in [0.717, 1.165) is 24.3 Å². The Morgan fingerprint density at radius 3 is 2.89 bits per heavy atom. The van der Waals surface area contributed by atoms with E-state index in [0.29, 0.717) is 37.8 Å². The highest BCUT2D eigenvalue weighted by Gasteiger charge is 2.24. The van der Waals surface area contributed by atoms with Crippen molar-refractivity contribution in [2.45, 2.75) is 33.2 Å². The molecule has 0 spiro atoms. The molecule has 0 N–H and O–H groups in total. The van der Waals surface area contributed by atoms with Crippen molar-refractivity contribution in [2.24, 2.45) is 5.92 Å². The van der Waals surface area contributed by atoms with Crippen molar-refractivity contribution in [3.63, 3.8) is 0 Å². The zero-order valence-corrected chi connectivity index (χ0v) is 17.3. The molecule has 0 unspecified atom stereocenters. The highest BCUT2D eigenvalue weighted by molar-refractivity contribution is 7.10. The molecule has 2 aromatic heterocycles. The third kappa shape index (κ3) is 5.07. The summed E-state index contributed by atoms with van der Waals surface area (Å²) in [4.78, 5) is 29.6. The standard InChI is InChI=1S/C20H27N5O2S/c1-3-23(4-2)20(27)18-15-25(22-21-18)14-16-7-5-11-24(13-16)19(26)10-9-17-8-6-12-28-17/h6,8-10,12,15-16H,3-5,7,11,13-14H2,1-2H3/b10-9+/t16-/m1/s1. The zero-order chi connectivity index (χ0) is 19.9. The second-order valence-corrected chi connectivity index (χ2v) is 7.92. The lowest BCUT2D eigenvalue weighted by Crippen LogP contribution is -2.40. The fourth-order valence-corrected chi connectivity index (χ4v) is 4.10. The van der Waals surface area contributed by atoms with Crippen LogP contribution >= 0.6 is 11.3 Å². The number of amides is 2. The van der Waals surface area contributed by atoms with Crippen LogP contribution in [0.2, 0.25) is 0 Å². The first-order valence-corrected chi connectivity index (χ1v) is 10.7. The van der Waals surface area contributed by atoms with Crippen LogP contribution in [0.4, 0.5) is 0 Å². The summed E-state index contributed by atoms with van der Waals surface area (Å²) < 4.78 is 1.73. The largest absolute Gasteiger partial charge is 0.339 e. The maximum atomic E-state index is 12.5. The second kappa shape index (κ2) is 9.64. The van der Waals surface area contributed by atoms with Crippen LogP contribution in [0, 0.1) is 5.92 Å². The van der Waals surface area contributed by atoms with E-state index in [-0.39, 0.29) is 11.8 Å². The Morgan fingerprint density at radius 1 is 1.36 bits per heavy atom. The summed E-state index contributed by atoms with van der Waals surface area (Å²) >= 11 is 1.62. The molecular formula is C20H27N5O2S. The van der Waals surface area contributed by atoms with Gasteiger partial charge in [0.15, 0.2) is 5.69 Å². The number of carbonyl (C=O) groups is 2. The average molecular weight is 402 g/mol. The second-order valence-electron chi connectivity index (χ2n) is 6.94. The molecule has 2 aromatic rings. The fraction of sp³-hybridized carbons (Fsp3) is 0.500. The minimum Gasteiger partial charge on any atom is -0.339 e. The summed E-state index contributed by atoms with van der Waals surface area (Å²) in [5.74, 6) is 0.274. The molecule has 1 atom stereocenters. The average Bonchev–Trinajstić information content (AvgIpc) is 3.39. The first-order chi connectivity index (χ1) is 13.6. The van der Waals surface area contributed by atoms with Gasteiger partial charge in [-0.25, -0.2) is 0 Å². The van der Waals surface area contributed by atoms with Gasteiger partial charge < -0.3 is 9.80 Å². The summed E-state index contributed by atoms with van der Waals surface area (Å²) in [6, 6.07) is 3.97. The van der Waals surface area contributed by atoms with Gasteiger partial charge >= 0.3 is 0 Å². The monoisotopic (exact) mass is 401 g/mol. The van der Waals surface area contributed by atoms with Crippen molar-refractivity contribution in [3.05, 3.63) is 40.4 Å². The smallest absolute Gasteiger partial charge is 0.276 e. The molecule has 150 valence electrons.